The zero-order valence-electron chi connectivity index (χ0n) is 12.6. The third-order valence-electron chi connectivity index (χ3n) is 3.76. The quantitative estimate of drug-likeness (QED) is 0.653. The molecule has 8 heteroatoms. The summed E-state index contributed by atoms with van der Waals surface area (Å²) in [4.78, 5) is 28.7. The largest absolute Gasteiger partial charge is 0.376 e. The number of carbonyl (C=O) groups excluding carboxylic acids is 2. The summed E-state index contributed by atoms with van der Waals surface area (Å²) < 4.78 is 21.8. The topological polar surface area (TPSA) is 83.5 Å². The molecule has 2 amide bonds. The number of hydroxylamine groups is 2. The van der Waals surface area contributed by atoms with Crippen LogP contribution in [0, 0.1) is 0 Å². The van der Waals surface area contributed by atoms with E-state index in [2.05, 4.69) is 0 Å². The number of imide groups is 1. The number of ether oxygens (including phenoxy) is 4. The molecule has 0 radical (unpaired) electrons. The molecule has 0 aromatic rings. The minimum absolute atomic E-state index is 0.146. The maximum atomic E-state index is 11.6. The van der Waals surface area contributed by atoms with Crippen LogP contribution in [0.15, 0.2) is 0 Å². The highest BCUT2D eigenvalue weighted by Crippen LogP contribution is 2.29. The summed E-state index contributed by atoms with van der Waals surface area (Å²) >= 11 is 0. The molecule has 2 aliphatic rings. The fourth-order valence-corrected chi connectivity index (χ4v) is 2.68. The Balaban J connectivity index is 2.14. The van der Waals surface area contributed by atoms with Gasteiger partial charge in [0, 0.05) is 34.2 Å². The minimum atomic E-state index is -0.924. The van der Waals surface area contributed by atoms with Crippen LogP contribution in [0.5, 0.6) is 0 Å². The smallest absolute Gasteiger partial charge is 0.254 e. The van der Waals surface area contributed by atoms with Crippen molar-refractivity contribution in [2.45, 2.75) is 50.5 Å². The van der Waals surface area contributed by atoms with Crippen LogP contribution >= 0.6 is 0 Å². The van der Waals surface area contributed by atoms with E-state index in [0.29, 0.717) is 0 Å². The molecule has 0 aliphatic carbocycles. The van der Waals surface area contributed by atoms with Crippen molar-refractivity contribution >= 4 is 11.8 Å². The number of rotatable bonds is 5. The molecule has 0 aromatic carbocycles. The first-order valence-corrected chi connectivity index (χ1v) is 6.79. The van der Waals surface area contributed by atoms with Crippen LogP contribution in [0.3, 0.4) is 0 Å². The van der Waals surface area contributed by atoms with Gasteiger partial charge in [-0.3, -0.25) is 9.59 Å². The van der Waals surface area contributed by atoms with Crippen molar-refractivity contribution in [3.63, 3.8) is 0 Å². The molecule has 2 saturated heterocycles. The molecule has 0 N–H and O–H groups in total. The first-order chi connectivity index (χ1) is 10.0. The Hall–Kier alpha value is -1.06. The first kappa shape index (κ1) is 16.3. The van der Waals surface area contributed by atoms with Crippen LogP contribution in [0.2, 0.25) is 0 Å². The van der Waals surface area contributed by atoms with Crippen LogP contribution in [0.4, 0.5) is 0 Å². The molecule has 2 heterocycles. The third-order valence-corrected chi connectivity index (χ3v) is 3.76. The number of hydrogen-bond acceptors (Lipinski definition) is 7. The van der Waals surface area contributed by atoms with Crippen molar-refractivity contribution in [3.8, 4) is 0 Å². The number of amides is 2. The average Bonchev–Trinajstić information content (AvgIpc) is 2.78. The summed E-state index contributed by atoms with van der Waals surface area (Å²) in [6.07, 6.45) is -2.39. The molecule has 2 rings (SSSR count). The SMILES string of the molecule is COC1C(C)OC(ON2C(=O)CCC2=O)C(OC)C1OC. The van der Waals surface area contributed by atoms with Crippen LogP contribution in [0.25, 0.3) is 0 Å². The summed E-state index contributed by atoms with van der Waals surface area (Å²) in [5.41, 5.74) is 0. The maximum Gasteiger partial charge on any atom is 0.254 e. The lowest BCUT2D eigenvalue weighted by Crippen LogP contribution is -2.60. The molecular formula is C13H21NO7. The molecule has 120 valence electrons. The second-order valence-electron chi connectivity index (χ2n) is 5.00. The van der Waals surface area contributed by atoms with Gasteiger partial charge in [0.1, 0.15) is 18.3 Å². The van der Waals surface area contributed by atoms with Gasteiger partial charge in [0.2, 0.25) is 6.29 Å². The summed E-state index contributed by atoms with van der Waals surface area (Å²) in [6.45, 7) is 1.80. The predicted octanol–water partition coefficient (Wildman–Crippen LogP) is -0.143. The van der Waals surface area contributed by atoms with Gasteiger partial charge in [-0.05, 0) is 6.92 Å². The van der Waals surface area contributed by atoms with E-state index in [4.69, 9.17) is 23.8 Å². The summed E-state index contributed by atoms with van der Waals surface area (Å²) in [5, 5.41) is 0.753. The first-order valence-electron chi connectivity index (χ1n) is 6.79. The molecule has 0 saturated carbocycles. The Morgan fingerprint density at radius 2 is 1.48 bits per heavy atom. The van der Waals surface area contributed by atoms with Crippen LogP contribution in [-0.4, -0.2) is 68.9 Å². The van der Waals surface area contributed by atoms with E-state index in [1.165, 1.54) is 14.2 Å². The Morgan fingerprint density at radius 1 is 0.952 bits per heavy atom. The lowest BCUT2D eigenvalue weighted by Gasteiger charge is -2.43. The number of nitrogens with zero attached hydrogens (tertiary/aromatic N) is 1. The highest BCUT2D eigenvalue weighted by atomic mass is 16.8. The van der Waals surface area contributed by atoms with E-state index < -0.39 is 18.5 Å². The van der Waals surface area contributed by atoms with E-state index in [1.54, 1.807) is 14.0 Å². The zero-order chi connectivity index (χ0) is 15.6. The van der Waals surface area contributed by atoms with E-state index in [-0.39, 0.29) is 36.9 Å². The van der Waals surface area contributed by atoms with Gasteiger partial charge < -0.3 is 18.9 Å². The highest BCUT2D eigenvalue weighted by Gasteiger charge is 2.48. The molecule has 0 aromatic heterocycles. The summed E-state index contributed by atoms with van der Waals surface area (Å²) in [6, 6.07) is 0. The molecule has 2 aliphatic heterocycles. The molecule has 5 unspecified atom stereocenters. The Bertz CT molecular complexity index is 386. The fraction of sp³-hybridized carbons (Fsp3) is 0.846. The van der Waals surface area contributed by atoms with Crippen molar-refractivity contribution in [2.75, 3.05) is 21.3 Å². The van der Waals surface area contributed by atoms with E-state index in [9.17, 15) is 9.59 Å². The normalized spacial score (nSPS) is 37.3. The lowest BCUT2D eigenvalue weighted by molar-refractivity contribution is -0.346. The second kappa shape index (κ2) is 6.80. The zero-order valence-corrected chi connectivity index (χ0v) is 12.6. The van der Waals surface area contributed by atoms with Crippen LogP contribution in [-0.2, 0) is 33.4 Å². The van der Waals surface area contributed by atoms with Crippen LogP contribution < -0.4 is 0 Å². The summed E-state index contributed by atoms with van der Waals surface area (Å²) in [5.74, 6) is -0.761. The minimum Gasteiger partial charge on any atom is -0.376 e. The summed E-state index contributed by atoms with van der Waals surface area (Å²) in [7, 11) is 4.56. The second-order valence-corrected chi connectivity index (χ2v) is 5.00. The molecule has 5 atom stereocenters. The average molecular weight is 303 g/mol. The monoisotopic (exact) mass is 303 g/mol. The Morgan fingerprint density at radius 3 is 1.95 bits per heavy atom. The molecular weight excluding hydrogens is 282 g/mol. The van der Waals surface area contributed by atoms with Crippen molar-refractivity contribution in [3.05, 3.63) is 0 Å². The fourth-order valence-electron chi connectivity index (χ4n) is 2.68. The maximum absolute atomic E-state index is 11.6. The van der Waals surface area contributed by atoms with Gasteiger partial charge in [0.05, 0.1) is 6.10 Å². The lowest BCUT2D eigenvalue weighted by atomic mass is 9.99. The Labute approximate surface area is 123 Å². The van der Waals surface area contributed by atoms with Gasteiger partial charge in [-0.25, -0.2) is 4.84 Å². The molecule has 8 nitrogen and oxygen atoms in total. The van der Waals surface area contributed by atoms with Gasteiger partial charge in [-0.2, -0.15) is 5.06 Å². The van der Waals surface area contributed by atoms with E-state index in [0.717, 1.165) is 5.06 Å². The van der Waals surface area contributed by atoms with Gasteiger partial charge in [-0.1, -0.05) is 0 Å². The predicted molar refractivity (Wildman–Crippen MR) is 68.9 cm³/mol. The van der Waals surface area contributed by atoms with Gasteiger partial charge >= 0.3 is 0 Å². The van der Waals surface area contributed by atoms with Gasteiger partial charge in [0.15, 0.2) is 0 Å². The number of methoxy groups -OCH3 is 3. The number of hydrogen-bond donors (Lipinski definition) is 0. The third kappa shape index (κ3) is 3.09. The highest BCUT2D eigenvalue weighted by molar-refractivity contribution is 6.00. The van der Waals surface area contributed by atoms with E-state index in [1.807, 2.05) is 0 Å². The van der Waals surface area contributed by atoms with Crippen molar-refractivity contribution in [1.82, 2.24) is 5.06 Å². The van der Waals surface area contributed by atoms with E-state index >= 15 is 0 Å². The van der Waals surface area contributed by atoms with Gasteiger partial charge in [0.25, 0.3) is 11.8 Å². The standard InChI is InChI=1S/C13H21NO7/c1-7-10(17-2)11(18-3)12(19-4)13(20-7)21-14-8(15)5-6-9(14)16/h7,10-13H,5-6H2,1-4H3. The van der Waals surface area contributed by atoms with Gasteiger partial charge in [-0.15, -0.1) is 0 Å². The van der Waals surface area contributed by atoms with Crippen LogP contribution in [0.1, 0.15) is 19.8 Å². The molecule has 2 fully saturated rings. The van der Waals surface area contributed by atoms with Crippen molar-refractivity contribution < 1.29 is 33.4 Å². The van der Waals surface area contributed by atoms with Crippen molar-refractivity contribution in [2.24, 2.45) is 0 Å². The molecule has 0 spiro atoms. The number of carbonyl (C=O) groups is 2. The molecule has 0 bridgehead atoms. The van der Waals surface area contributed by atoms with Crippen molar-refractivity contribution in [1.29, 1.82) is 0 Å². The molecule has 21 heavy (non-hydrogen) atoms. The Kier molecular flexibility index (Phi) is 5.28.